The molecule has 1 aromatic heterocycles. The van der Waals surface area contributed by atoms with Gasteiger partial charge in [-0.05, 0) is 23.3 Å². The molecule has 4 heteroatoms. The molecule has 0 aliphatic rings. The van der Waals surface area contributed by atoms with Crippen molar-refractivity contribution >= 4 is 23.6 Å². The van der Waals surface area contributed by atoms with Crippen LogP contribution in [-0.4, -0.2) is 9.78 Å². The summed E-state index contributed by atoms with van der Waals surface area (Å²) >= 11 is 6.87. The van der Waals surface area contributed by atoms with Crippen LogP contribution < -0.4 is 0 Å². The van der Waals surface area contributed by atoms with Gasteiger partial charge in [-0.25, -0.2) is 4.68 Å². The van der Waals surface area contributed by atoms with Crippen molar-refractivity contribution in [3.8, 4) is 0 Å². The number of nitrogens with zero attached hydrogens (tertiary/aromatic N) is 2. The van der Waals surface area contributed by atoms with E-state index in [0.717, 1.165) is 3.95 Å². The van der Waals surface area contributed by atoms with Crippen LogP contribution in [-0.2, 0) is 0 Å². The summed E-state index contributed by atoms with van der Waals surface area (Å²) in [5, 5.41) is 4.40. The van der Waals surface area contributed by atoms with E-state index in [1.807, 2.05) is 41.1 Å². The predicted octanol–water partition coefficient (Wildman–Crippen LogP) is 4.31. The number of rotatable bonds is 3. The fourth-order valence-electron chi connectivity index (χ4n) is 2.14. The Balaban J connectivity index is 2.18. The van der Waals surface area contributed by atoms with Gasteiger partial charge in [0.1, 0.15) is 11.6 Å². The van der Waals surface area contributed by atoms with Gasteiger partial charge in [-0.1, -0.05) is 72.0 Å². The Labute approximate surface area is 121 Å². The Hall–Kier alpha value is -1.78. The molecule has 3 aromatic rings. The summed E-state index contributed by atoms with van der Waals surface area (Å²) in [6.07, 6.45) is 0. The summed E-state index contributed by atoms with van der Waals surface area (Å²) in [7, 11) is 0. The molecule has 19 heavy (non-hydrogen) atoms. The van der Waals surface area contributed by atoms with Gasteiger partial charge in [0.25, 0.3) is 0 Å². The van der Waals surface area contributed by atoms with Crippen molar-refractivity contribution in [1.29, 1.82) is 0 Å². The van der Waals surface area contributed by atoms with E-state index < -0.39 is 0 Å². The Morgan fingerprint density at radius 3 is 1.84 bits per heavy atom. The third-order valence-corrected chi connectivity index (χ3v) is 4.05. The highest BCUT2D eigenvalue weighted by Crippen LogP contribution is 2.26. The Kier molecular flexibility index (Phi) is 3.53. The van der Waals surface area contributed by atoms with Crippen molar-refractivity contribution in [3.05, 3.63) is 81.3 Å². The largest absolute Gasteiger partial charge is 0.233 e. The summed E-state index contributed by atoms with van der Waals surface area (Å²) < 4.78 is 2.70. The standard InChI is InChI=1S/C15H12N2S2/c18-15-17(16-11-19-15)14(12-7-3-1-4-8-12)13-9-5-2-6-10-13/h1-11,14H. The monoisotopic (exact) mass is 284 g/mol. The summed E-state index contributed by atoms with van der Waals surface area (Å²) in [6, 6.07) is 20.7. The normalized spacial score (nSPS) is 10.8. The van der Waals surface area contributed by atoms with Gasteiger partial charge in [-0.3, -0.25) is 0 Å². The van der Waals surface area contributed by atoms with E-state index in [-0.39, 0.29) is 6.04 Å². The maximum atomic E-state index is 5.38. The van der Waals surface area contributed by atoms with Crippen LogP contribution in [0, 0.1) is 3.95 Å². The lowest BCUT2D eigenvalue weighted by atomic mass is 9.99. The number of hydrogen-bond acceptors (Lipinski definition) is 3. The minimum absolute atomic E-state index is 0.0427. The van der Waals surface area contributed by atoms with Gasteiger partial charge in [-0.15, -0.1) is 0 Å². The quantitative estimate of drug-likeness (QED) is 0.667. The van der Waals surface area contributed by atoms with Gasteiger partial charge in [0.05, 0.1) is 0 Å². The second kappa shape index (κ2) is 5.47. The van der Waals surface area contributed by atoms with Gasteiger partial charge in [0.2, 0.25) is 0 Å². The van der Waals surface area contributed by atoms with Crippen molar-refractivity contribution in [2.75, 3.05) is 0 Å². The lowest BCUT2D eigenvalue weighted by Crippen LogP contribution is -2.13. The van der Waals surface area contributed by atoms with Gasteiger partial charge in [0.15, 0.2) is 3.95 Å². The third-order valence-electron chi connectivity index (χ3n) is 2.99. The van der Waals surface area contributed by atoms with E-state index in [2.05, 4.69) is 29.4 Å². The minimum Gasteiger partial charge on any atom is -0.233 e. The summed E-state index contributed by atoms with van der Waals surface area (Å²) in [6.45, 7) is 0. The van der Waals surface area contributed by atoms with Crippen molar-refractivity contribution in [3.63, 3.8) is 0 Å². The van der Waals surface area contributed by atoms with Crippen molar-refractivity contribution in [1.82, 2.24) is 9.78 Å². The van der Waals surface area contributed by atoms with Gasteiger partial charge in [0, 0.05) is 0 Å². The predicted molar refractivity (Wildman–Crippen MR) is 81.1 cm³/mol. The first-order valence-corrected chi connectivity index (χ1v) is 7.27. The van der Waals surface area contributed by atoms with Crippen LogP contribution >= 0.6 is 23.6 Å². The van der Waals surface area contributed by atoms with E-state index in [4.69, 9.17) is 12.2 Å². The van der Waals surface area contributed by atoms with Gasteiger partial charge < -0.3 is 0 Å². The molecule has 0 aliphatic heterocycles. The lowest BCUT2D eigenvalue weighted by molar-refractivity contribution is 0.590. The number of aromatic nitrogens is 2. The van der Waals surface area contributed by atoms with Crippen LogP contribution in [0.5, 0.6) is 0 Å². The average Bonchev–Trinajstić information content (AvgIpc) is 2.88. The summed E-state index contributed by atoms with van der Waals surface area (Å²) in [5.41, 5.74) is 4.17. The molecule has 0 fully saturated rings. The first kappa shape index (κ1) is 12.3. The fourth-order valence-corrected chi connectivity index (χ4v) is 2.92. The highest BCUT2D eigenvalue weighted by atomic mass is 32.1. The summed E-state index contributed by atoms with van der Waals surface area (Å²) in [4.78, 5) is 0. The Morgan fingerprint density at radius 1 is 0.895 bits per heavy atom. The van der Waals surface area contributed by atoms with Crippen LogP contribution in [0.15, 0.2) is 66.2 Å². The molecular weight excluding hydrogens is 272 g/mol. The van der Waals surface area contributed by atoms with Crippen molar-refractivity contribution in [2.45, 2.75) is 6.04 Å². The van der Waals surface area contributed by atoms with Gasteiger partial charge in [-0.2, -0.15) is 5.10 Å². The molecule has 2 nitrogen and oxygen atoms in total. The number of benzene rings is 2. The molecule has 0 amide bonds. The first-order valence-electron chi connectivity index (χ1n) is 5.98. The smallest absolute Gasteiger partial charge is 0.179 e. The molecule has 0 N–H and O–H groups in total. The molecule has 0 unspecified atom stereocenters. The van der Waals surface area contributed by atoms with E-state index in [0.29, 0.717) is 0 Å². The average molecular weight is 284 g/mol. The van der Waals surface area contributed by atoms with Crippen LogP contribution in [0.1, 0.15) is 17.2 Å². The molecule has 0 bridgehead atoms. The molecule has 94 valence electrons. The van der Waals surface area contributed by atoms with Crippen LogP contribution in [0.25, 0.3) is 0 Å². The summed E-state index contributed by atoms with van der Waals surface area (Å²) in [5.74, 6) is 0. The minimum atomic E-state index is 0.0427. The van der Waals surface area contributed by atoms with E-state index >= 15 is 0 Å². The molecular formula is C15H12N2S2. The molecule has 0 saturated carbocycles. The molecule has 1 heterocycles. The first-order chi connectivity index (χ1) is 9.36. The third kappa shape index (κ3) is 2.50. The van der Waals surface area contributed by atoms with Crippen LogP contribution in [0.4, 0.5) is 0 Å². The number of hydrogen-bond donors (Lipinski definition) is 0. The molecule has 2 aromatic carbocycles. The Bertz CT molecular complexity index is 662. The molecule has 0 spiro atoms. The van der Waals surface area contributed by atoms with Crippen LogP contribution in [0.3, 0.4) is 0 Å². The topological polar surface area (TPSA) is 17.8 Å². The van der Waals surface area contributed by atoms with Gasteiger partial charge >= 0.3 is 0 Å². The van der Waals surface area contributed by atoms with Crippen molar-refractivity contribution in [2.24, 2.45) is 0 Å². The molecule has 3 rings (SSSR count). The second-order valence-electron chi connectivity index (χ2n) is 4.17. The molecule has 0 aliphatic carbocycles. The van der Waals surface area contributed by atoms with E-state index in [9.17, 15) is 0 Å². The SMILES string of the molecule is S=c1scnn1C(c1ccccc1)c1ccccc1. The molecule has 0 saturated heterocycles. The van der Waals surface area contributed by atoms with E-state index in [1.54, 1.807) is 5.51 Å². The Morgan fingerprint density at radius 2 is 1.42 bits per heavy atom. The zero-order valence-corrected chi connectivity index (χ0v) is 11.8. The van der Waals surface area contributed by atoms with E-state index in [1.165, 1.54) is 22.5 Å². The molecule has 0 atom stereocenters. The highest BCUT2D eigenvalue weighted by molar-refractivity contribution is 7.73. The maximum absolute atomic E-state index is 5.38. The molecule has 0 radical (unpaired) electrons. The van der Waals surface area contributed by atoms with Crippen molar-refractivity contribution < 1.29 is 0 Å². The lowest BCUT2D eigenvalue weighted by Gasteiger charge is -2.18. The van der Waals surface area contributed by atoms with Crippen LogP contribution in [0.2, 0.25) is 0 Å². The zero-order valence-electron chi connectivity index (χ0n) is 10.1. The fraction of sp³-hybridized carbons (Fsp3) is 0.0667. The zero-order chi connectivity index (χ0) is 13.1. The maximum Gasteiger partial charge on any atom is 0.179 e. The highest BCUT2D eigenvalue weighted by Gasteiger charge is 2.17. The second-order valence-corrected chi connectivity index (χ2v) is 5.65.